The zero-order chi connectivity index (χ0) is 16.1. The summed E-state index contributed by atoms with van der Waals surface area (Å²) in [7, 11) is 0. The molecular formula is C19H22N2O2. The fourth-order valence-electron chi connectivity index (χ4n) is 3.11. The van der Waals surface area contributed by atoms with Crippen LogP contribution in [0.3, 0.4) is 0 Å². The lowest BCUT2D eigenvalue weighted by Crippen LogP contribution is -2.43. The lowest BCUT2D eigenvalue weighted by Gasteiger charge is -2.25. The van der Waals surface area contributed by atoms with E-state index in [-0.39, 0.29) is 18.4 Å². The van der Waals surface area contributed by atoms with Crippen LogP contribution in [0.25, 0.3) is 10.8 Å². The Morgan fingerprint density at radius 1 is 1.09 bits per heavy atom. The Balaban J connectivity index is 1.52. The zero-order valence-electron chi connectivity index (χ0n) is 13.3. The number of hydrogen-bond donors (Lipinski definition) is 1. The zero-order valence-corrected chi connectivity index (χ0v) is 13.3. The Morgan fingerprint density at radius 2 is 1.91 bits per heavy atom. The lowest BCUT2D eigenvalue weighted by atomic mass is 10.0. The maximum absolute atomic E-state index is 12.0. The van der Waals surface area contributed by atoms with Crippen molar-refractivity contribution in [2.75, 3.05) is 19.6 Å². The third-order valence-corrected chi connectivity index (χ3v) is 4.35. The first-order chi connectivity index (χ1) is 11.2. The molecule has 0 spiro atoms. The number of nitrogens with one attached hydrogen (secondary N) is 1. The van der Waals surface area contributed by atoms with Crippen LogP contribution in [-0.2, 0) is 16.0 Å². The lowest BCUT2D eigenvalue weighted by molar-refractivity contribution is -0.137. The molecule has 4 heteroatoms. The van der Waals surface area contributed by atoms with Gasteiger partial charge in [0.25, 0.3) is 0 Å². The Kier molecular flexibility index (Phi) is 4.91. The molecule has 0 aliphatic carbocycles. The normalized spacial score (nSPS) is 15.0. The molecule has 0 atom stereocenters. The van der Waals surface area contributed by atoms with Gasteiger partial charge in [0, 0.05) is 19.5 Å². The number of amides is 2. The summed E-state index contributed by atoms with van der Waals surface area (Å²) in [6, 6.07) is 14.5. The van der Waals surface area contributed by atoms with Crippen molar-refractivity contribution in [1.82, 2.24) is 10.2 Å². The smallest absolute Gasteiger partial charge is 0.239 e. The molecule has 23 heavy (non-hydrogen) atoms. The largest absolute Gasteiger partial charge is 0.354 e. The van der Waals surface area contributed by atoms with Gasteiger partial charge in [0.15, 0.2) is 0 Å². The van der Waals surface area contributed by atoms with Crippen molar-refractivity contribution in [3.63, 3.8) is 0 Å². The van der Waals surface area contributed by atoms with Gasteiger partial charge in [-0.05, 0) is 35.6 Å². The van der Waals surface area contributed by atoms with E-state index >= 15 is 0 Å². The third-order valence-electron chi connectivity index (χ3n) is 4.35. The van der Waals surface area contributed by atoms with Gasteiger partial charge in [-0.1, -0.05) is 42.5 Å². The number of rotatable bonds is 5. The predicted octanol–water partition coefficient (Wildman–Crippen LogP) is 2.51. The van der Waals surface area contributed by atoms with Gasteiger partial charge >= 0.3 is 0 Å². The molecule has 2 aromatic rings. The number of likely N-dealkylation sites (tertiary alicyclic amines) is 1. The van der Waals surface area contributed by atoms with Gasteiger partial charge in [-0.25, -0.2) is 0 Å². The quantitative estimate of drug-likeness (QED) is 0.922. The standard InChI is InChI=1S/C19H22N2O2/c22-18(14-21-13-4-3-10-19(21)23)20-12-11-16-8-5-7-15-6-1-2-9-17(15)16/h1-2,5-9H,3-4,10-14H2,(H,20,22). The average Bonchev–Trinajstić information content (AvgIpc) is 2.57. The minimum atomic E-state index is -0.0690. The number of carbonyl (C=O) groups is 2. The first kappa shape index (κ1) is 15.5. The van der Waals surface area contributed by atoms with E-state index in [9.17, 15) is 9.59 Å². The van der Waals surface area contributed by atoms with Gasteiger partial charge < -0.3 is 10.2 Å². The maximum Gasteiger partial charge on any atom is 0.239 e. The molecule has 3 rings (SSSR count). The van der Waals surface area contributed by atoms with Crippen molar-refractivity contribution in [2.24, 2.45) is 0 Å². The molecule has 0 radical (unpaired) electrons. The van der Waals surface area contributed by atoms with Crippen LogP contribution in [0, 0.1) is 0 Å². The summed E-state index contributed by atoms with van der Waals surface area (Å²) in [6.45, 7) is 1.48. The van der Waals surface area contributed by atoms with Crippen LogP contribution in [0.1, 0.15) is 24.8 Å². The van der Waals surface area contributed by atoms with Crippen LogP contribution in [-0.4, -0.2) is 36.3 Å². The molecule has 1 fully saturated rings. The fourth-order valence-corrected chi connectivity index (χ4v) is 3.11. The van der Waals surface area contributed by atoms with Gasteiger partial charge in [0.2, 0.25) is 11.8 Å². The fraction of sp³-hybridized carbons (Fsp3) is 0.368. The molecule has 2 amide bonds. The highest BCUT2D eigenvalue weighted by Crippen LogP contribution is 2.18. The first-order valence-electron chi connectivity index (χ1n) is 8.25. The number of fused-ring (bicyclic) bond motifs is 1. The molecule has 0 saturated carbocycles. The Hall–Kier alpha value is -2.36. The van der Waals surface area contributed by atoms with E-state index in [1.807, 2.05) is 18.2 Å². The molecule has 4 nitrogen and oxygen atoms in total. The van der Waals surface area contributed by atoms with Crippen molar-refractivity contribution in [3.05, 3.63) is 48.0 Å². The SMILES string of the molecule is O=C(CN1CCCCC1=O)NCCc1cccc2ccccc12. The topological polar surface area (TPSA) is 49.4 Å². The van der Waals surface area contributed by atoms with Crippen molar-refractivity contribution >= 4 is 22.6 Å². The average molecular weight is 310 g/mol. The van der Waals surface area contributed by atoms with Crippen LogP contribution in [0.2, 0.25) is 0 Å². The number of piperidine rings is 1. The van der Waals surface area contributed by atoms with Crippen LogP contribution in [0.4, 0.5) is 0 Å². The molecule has 1 heterocycles. The van der Waals surface area contributed by atoms with Crippen molar-refractivity contribution in [1.29, 1.82) is 0 Å². The molecule has 1 aliphatic heterocycles. The monoisotopic (exact) mass is 310 g/mol. The van der Waals surface area contributed by atoms with Gasteiger partial charge in [-0.3, -0.25) is 9.59 Å². The minimum absolute atomic E-state index is 0.0690. The van der Waals surface area contributed by atoms with Gasteiger partial charge in [0.1, 0.15) is 0 Å². The Bertz CT molecular complexity index is 706. The molecule has 1 saturated heterocycles. The highest BCUT2D eigenvalue weighted by atomic mass is 16.2. The van der Waals surface area contributed by atoms with E-state index in [2.05, 4.69) is 29.6 Å². The molecule has 1 aliphatic rings. The van der Waals surface area contributed by atoms with Crippen LogP contribution in [0.5, 0.6) is 0 Å². The minimum Gasteiger partial charge on any atom is -0.354 e. The predicted molar refractivity (Wildman–Crippen MR) is 91.1 cm³/mol. The second kappa shape index (κ2) is 7.27. The molecule has 0 unspecified atom stereocenters. The second-order valence-electron chi connectivity index (χ2n) is 6.01. The first-order valence-corrected chi connectivity index (χ1v) is 8.25. The summed E-state index contributed by atoms with van der Waals surface area (Å²) in [6.07, 6.45) is 3.30. The van der Waals surface area contributed by atoms with Crippen molar-refractivity contribution in [3.8, 4) is 0 Å². The highest BCUT2D eigenvalue weighted by molar-refractivity contribution is 5.86. The third kappa shape index (κ3) is 3.89. The van der Waals surface area contributed by atoms with Crippen molar-refractivity contribution in [2.45, 2.75) is 25.7 Å². The summed E-state index contributed by atoms with van der Waals surface area (Å²) in [5, 5.41) is 5.38. The van der Waals surface area contributed by atoms with Crippen LogP contribution >= 0.6 is 0 Å². The molecular weight excluding hydrogens is 288 g/mol. The van der Waals surface area contributed by atoms with Gasteiger partial charge in [0.05, 0.1) is 6.54 Å². The highest BCUT2D eigenvalue weighted by Gasteiger charge is 2.20. The van der Waals surface area contributed by atoms with E-state index in [0.717, 1.165) is 19.3 Å². The Labute approximate surface area is 136 Å². The van der Waals surface area contributed by atoms with E-state index in [1.165, 1.54) is 16.3 Å². The molecule has 0 bridgehead atoms. The number of carbonyl (C=O) groups excluding carboxylic acids is 2. The number of hydrogen-bond acceptors (Lipinski definition) is 2. The number of nitrogens with zero attached hydrogens (tertiary/aromatic N) is 1. The van der Waals surface area contributed by atoms with E-state index in [0.29, 0.717) is 19.5 Å². The molecule has 2 aromatic carbocycles. The summed E-state index contributed by atoms with van der Waals surface area (Å²) < 4.78 is 0. The van der Waals surface area contributed by atoms with Crippen LogP contribution in [0.15, 0.2) is 42.5 Å². The van der Waals surface area contributed by atoms with Crippen LogP contribution < -0.4 is 5.32 Å². The summed E-state index contributed by atoms with van der Waals surface area (Å²) in [5.41, 5.74) is 1.23. The molecule has 1 N–H and O–H groups in total. The van der Waals surface area contributed by atoms with E-state index in [4.69, 9.17) is 0 Å². The number of benzene rings is 2. The molecule has 120 valence electrons. The van der Waals surface area contributed by atoms with Gasteiger partial charge in [-0.2, -0.15) is 0 Å². The van der Waals surface area contributed by atoms with E-state index in [1.54, 1.807) is 4.90 Å². The summed E-state index contributed by atoms with van der Waals surface area (Å²) >= 11 is 0. The van der Waals surface area contributed by atoms with E-state index < -0.39 is 0 Å². The molecule has 0 aromatic heterocycles. The maximum atomic E-state index is 12.0. The van der Waals surface area contributed by atoms with Gasteiger partial charge in [-0.15, -0.1) is 0 Å². The summed E-state index contributed by atoms with van der Waals surface area (Å²) in [4.78, 5) is 25.4. The summed E-state index contributed by atoms with van der Waals surface area (Å²) in [5.74, 6) is 0.0286. The Morgan fingerprint density at radius 3 is 2.78 bits per heavy atom. The van der Waals surface area contributed by atoms with Crippen molar-refractivity contribution < 1.29 is 9.59 Å². The second-order valence-corrected chi connectivity index (χ2v) is 6.01.